The number of halogens is 1. The number of hydrogen-bond acceptors (Lipinski definition) is 4. The van der Waals surface area contributed by atoms with Gasteiger partial charge in [0.2, 0.25) is 5.91 Å². The van der Waals surface area contributed by atoms with Crippen LogP contribution in [0.4, 0.5) is 5.69 Å². The van der Waals surface area contributed by atoms with E-state index in [0.717, 1.165) is 51.6 Å². The zero-order chi connectivity index (χ0) is 21.7. The van der Waals surface area contributed by atoms with Crippen LogP contribution in [0, 0.1) is 0 Å². The first-order valence-corrected chi connectivity index (χ1v) is 12.0. The molecule has 0 spiro atoms. The maximum absolute atomic E-state index is 12.6. The van der Waals surface area contributed by atoms with Gasteiger partial charge in [-0.25, -0.2) is 0 Å². The first-order chi connectivity index (χ1) is 15.3. The van der Waals surface area contributed by atoms with Crippen molar-refractivity contribution in [3.05, 3.63) is 30.3 Å². The standard InChI is InChI=1S/C24H40N6O.HI/c1-25-24(26-13-9-17-28-15-7-2-3-8-16-28)27-14-12-23(31)30-20-18-29(19-21-30)22-10-5-4-6-11-22;/h4-6,10-11H,2-3,7-9,12-21H2,1H3,(H2,25,26,27);1H. The van der Waals surface area contributed by atoms with Crippen molar-refractivity contribution in [1.82, 2.24) is 20.4 Å². The third-order valence-corrected chi connectivity index (χ3v) is 6.25. The van der Waals surface area contributed by atoms with Gasteiger partial charge in [-0.2, -0.15) is 0 Å². The monoisotopic (exact) mass is 556 g/mol. The number of amides is 1. The molecule has 0 saturated carbocycles. The largest absolute Gasteiger partial charge is 0.368 e. The van der Waals surface area contributed by atoms with Gasteiger partial charge in [-0.15, -0.1) is 24.0 Å². The number of rotatable bonds is 8. The molecule has 0 bridgehead atoms. The maximum Gasteiger partial charge on any atom is 0.224 e. The molecule has 1 aromatic carbocycles. The minimum absolute atomic E-state index is 0. The van der Waals surface area contributed by atoms with Crippen LogP contribution in [0.2, 0.25) is 0 Å². The minimum Gasteiger partial charge on any atom is -0.368 e. The van der Waals surface area contributed by atoms with E-state index in [4.69, 9.17) is 0 Å². The van der Waals surface area contributed by atoms with E-state index in [1.54, 1.807) is 7.05 Å². The number of likely N-dealkylation sites (tertiary alicyclic amines) is 1. The van der Waals surface area contributed by atoms with Crippen molar-refractivity contribution in [3.63, 3.8) is 0 Å². The maximum atomic E-state index is 12.6. The van der Waals surface area contributed by atoms with Crippen LogP contribution in [0.5, 0.6) is 0 Å². The van der Waals surface area contributed by atoms with E-state index in [0.29, 0.717) is 13.0 Å². The van der Waals surface area contributed by atoms with Crippen LogP contribution in [0.25, 0.3) is 0 Å². The smallest absolute Gasteiger partial charge is 0.224 e. The summed E-state index contributed by atoms with van der Waals surface area (Å²) in [5.74, 6) is 1.01. The predicted octanol–water partition coefficient (Wildman–Crippen LogP) is 2.77. The zero-order valence-electron chi connectivity index (χ0n) is 19.6. The average molecular weight is 557 g/mol. The van der Waals surface area contributed by atoms with Gasteiger partial charge in [-0.1, -0.05) is 31.0 Å². The fraction of sp³-hybridized carbons (Fsp3) is 0.667. The molecule has 0 atom stereocenters. The fourth-order valence-corrected chi connectivity index (χ4v) is 4.39. The third-order valence-electron chi connectivity index (χ3n) is 6.25. The Morgan fingerprint density at radius 3 is 2.22 bits per heavy atom. The van der Waals surface area contributed by atoms with Gasteiger partial charge in [-0.3, -0.25) is 9.79 Å². The molecule has 32 heavy (non-hydrogen) atoms. The van der Waals surface area contributed by atoms with Crippen molar-refractivity contribution >= 4 is 41.5 Å². The van der Waals surface area contributed by atoms with Crippen LogP contribution >= 0.6 is 24.0 Å². The van der Waals surface area contributed by atoms with Gasteiger partial charge < -0.3 is 25.3 Å². The molecule has 2 aliphatic heterocycles. The second-order valence-electron chi connectivity index (χ2n) is 8.49. The second-order valence-corrected chi connectivity index (χ2v) is 8.49. The molecule has 0 aromatic heterocycles. The number of guanidine groups is 1. The number of carbonyl (C=O) groups is 1. The van der Waals surface area contributed by atoms with Crippen LogP contribution in [-0.4, -0.2) is 87.6 Å². The Morgan fingerprint density at radius 2 is 1.56 bits per heavy atom. The van der Waals surface area contributed by atoms with Crippen molar-refractivity contribution in [2.24, 2.45) is 4.99 Å². The summed E-state index contributed by atoms with van der Waals surface area (Å²) < 4.78 is 0. The van der Waals surface area contributed by atoms with Gasteiger partial charge in [-0.05, 0) is 51.0 Å². The Labute approximate surface area is 211 Å². The summed E-state index contributed by atoms with van der Waals surface area (Å²) in [7, 11) is 1.79. The van der Waals surface area contributed by atoms with Gasteiger partial charge in [0.25, 0.3) is 0 Å². The van der Waals surface area contributed by atoms with Crippen molar-refractivity contribution in [2.75, 3.05) is 70.9 Å². The minimum atomic E-state index is 0. The van der Waals surface area contributed by atoms with Crippen LogP contribution in [-0.2, 0) is 4.79 Å². The van der Waals surface area contributed by atoms with Gasteiger partial charge in [0, 0.05) is 58.4 Å². The van der Waals surface area contributed by atoms with Crippen molar-refractivity contribution in [3.8, 4) is 0 Å². The molecule has 0 radical (unpaired) electrons. The molecule has 7 nitrogen and oxygen atoms in total. The Hall–Kier alpha value is -1.55. The topological polar surface area (TPSA) is 63.2 Å². The highest BCUT2D eigenvalue weighted by Crippen LogP contribution is 2.15. The lowest BCUT2D eigenvalue weighted by molar-refractivity contribution is -0.131. The van der Waals surface area contributed by atoms with E-state index in [2.05, 4.69) is 49.7 Å². The quantitative estimate of drug-likeness (QED) is 0.223. The van der Waals surface area contributed by atoms with E-state index in [1.807, 2.05) is 11.0 Å². The molecular weight excluding hydrogens is 515 g/mol. The van der Waals surface area contributed by atoms with Crippen LogP contribution in [0.15, 0.2) is 35.3 Å². The number of carbonyl (C=O) groups excluding carboxylic acids is 1. The number of nitrogens with one attached hydrogen (secondary N) is 2. The molecule has 1 aromatic rings. The molecule has 2 fully saturated rings. The molecule has 2 saturated heterocycles. The Morgan fingerprint density at radius 1 is 0.906 bits per heavy atom. The number of nitrogens with zero attached hydrogens (tertiary/aromatic N) is 4. The SMILES string of the molecule is CN=C(NCCCN1CCCCCC1)NCCC(=O)N1CCN(c2ccccc2)CC1.I. The highest BCUT2D eigenvalue weighted by molar-refractivity contribution is 14.0. The number of aliphatic imine (C=N–C) groups is 1. The van der Waals surface area contributed by atoms with Gasteiger partial charge >= 0.3 is 0 Å². The zero-order valence-corrected chi connectivity index (χ0v) is 21.9. The molecule has 0 aliphatic carbocycles. The summed E-state index contributed by atoms with van der Waals surface area (Å²) in [6, 6.07) is 10.4. The second kappa shape index (κ2) is 15.3. The number of piperazine rings is 1. The summed E-state index contributed by atoms with van der Waals surface area (Å²) in [5, 5.41) is 6.67. The molecular formula is C24H41IN6O. The van der Waals surface area contributed by atoms with E-state index in [1.165, 1.54) is 44.5 Å². The molecule has 2 N–H and O–H groups in total. The summed E-state index contributed by atoms with van der Waals surface area (Å²) in [4.78, 5) is 23.8. The molecule has 0 unspecified atom stereocenters. The number of benzene rings is 1. The van der Waals surface area contributed by atoms with Gasteiger partial charge in [0.15, 0.2) is 5.96 Å². The highest BCUT2D eigenvalue weighted by atomic mass is 127. The van der Waals surface area contributed by atoms with E-state index < -0.39 is 0 Å². The van der Waals surface area contributed by atoms with E-state index >= 15 is 0 Å². The lowest BCUT2D eigenvalue weighted by Gasteiger charge is -2.36. The summed E-state index contributed by atoms with van der Waals surface area (Å²) in [5.41, 5.74) is 1.24. The van der Waals surface area contributed by atoms with Gasteiger partial charge in [0.05, 0.1) is 0 Å². The first-order valence-electron chi connectivity index (χ1n) is 12.0. The molecule has 3 rings (SSSR count). The molecule has 180 valence electrons. The molecule has 1 amide bonds. The van der Waals surface area contributed by atoms with Crippen LogP contribution in [0.1, 0.15) is 38.5 Å². The lowest BCUT2D eigenvalue weighted by atomic mass is 10.2. The van der Waals surface area contributed by atoms with Gasteiger partial charge in [0.1, 0.15) is 0 Å². The lowest BCUT2D eigenvalue weighted by Crippen LogP contribution is -2.49. The fourth-order valence-electron chi connectivity index (χ4n) is 4.39. The highest BCUT2D eigenvalue weighted by Gasteiger charge is 2.20. The van der Waals surface area contributed by atoms with Crippen molar-refractivity contribution in [2.45, 2.75) is 38.5 Å². The predicted molar refractivity (Wildman–Crippen MR) is 144 cm³/mol. The van der Waals surface area contributed by atoms with Crippen molar-refractivity contribution in [1.29, 1.82) is 0 Å². The molecule has 8 heteroatoms. The summed E-state index contributed by atoms with van der Waals surface area (Å²) >= 11 is 0. The number of para-hydroxylation sites is 1. The number of hydrogen-bond donors (Lipinski definition) is 2. The summed E-state index contributed by atoms with van der Waals surface area (Å²) in [6.07, 6.45) is 7.06. The van der Waals surface area contributed by atoms with Crippen LogP contribution in [0.3, 0.4) is 0 Å². The van der Waals surface area contributed by atoms with E-state index in [-0.39, 0.29) is 29.9 Å². The van der Waals surface area contributed by atoms with E-state index in [9.17, 15) is 4.79 Å². The number of anilines is 1. The first kappa shape index (κ1) is 26.7. The Balaban J connectivity index is 0.00000363. The third kappa shape index (κ3) is 9.13. The molecule has 2 heterocycles. The Kier molecular flexibility index (Phi) is 12.8. The average Bonchev–Trinajstić information content (AvgIpc) is 3.10. The summed E-state index contributed by atoms with van der Waals surface area (Å²) in [6.45, 7) is 8.52. The van der Waals surface area contributed by atoms with Crippen molar-refractivity contribution < 1.29 is 4.79 Å². The molecule has 2 aliphatic rings. The Bertz CT molecular complexity index is 670. The normalized spacial score (nSPS) is 18.0. The van der Waals surface area contributed by atoms with Crippen LogP contribution < -0.4 is 15.5 Å².